The van der Waals surface area contributed by atoms with E-state index in [0.717, 1.165) is 33.5 Å². The van der Waals surface area contributed by atoms with Crippen LogP contribution >= 0.6 is 11.3 Å². The number of nitrogens with zero attached hydrogens (tertiary/aromatic N) is 4. The van der Waals surface area contributed by atoms with Crippen LogP contribution in [0.25, 0.3) is 16.4 Å². The van der Waals surface area contributed by atoms with E-state index in [0.29, 0.717) is 18.7 Å². The molecule has 3 heterocycles. The Hall–Kier alpha value is -3.26. The van der Waals surface area contributed by atoms with Gasteiger partial charge in [-0.05, 0) is 26.0 Å². The van der Waals surface area contributed by atoms with Gasteiger partial charge in [-0.2, -0.15) is 10.2 Å². The zero-order chi connectivity index (χ0) is 19.5. The van der Waals surface area contributed by atoms with Crippen LogP contribution in [-0.4, -0.2) is 37.4 Å². The van der Waals surface area contributed by atoms with Crippen molar-refractivity contribution in [2.24, 2.45) is 0 Å². The van der Waals surface area contributed by atoms with Crippen molar-refractivity contribution in [2.45, 2.75) is 20.3 Å². The van der Waals surface area contributed by atoms with Gasteiger partial charge in [0.15, 0.2) is 0 Å². The summed E-state index contributed by atoms with van der Waals surface area (Å²) in [5.74, 6) is -0.177. The van der Waals surface area contributed by atoms with Crippen molar-refractivity contribution in [3.05, 3.63) is 70.6 Å². The molecule has 0 saturated heterocycles. The largest absolute Gasteiger partial charge is 0.350 e. The van der Waals surface area contributed by atoms with Crippen molar-refractivity contribution < 1.29 is 4.79 Å². The lowest BCUT2D eigenvalue weighted by molar-refractivity contribution is 0.0949. The van der Waals surface area contributed by atoms with Gasteiger partial charge in [-0.3, -0.25) is 9.89 Å². The summed E-state index contributed by atoms with van der Waals surface area (Å²) in [4.78, 5) is 17.0. The zero-order valence-electron chi connectivity index (χ0n) is 15.6. The minimum atomic E-state index is -0.177. The van der Waals surface area contributed by atoms with E-state index in [9.17, 15) is 4.79 Å². The fourth-order valence-electron chi connectivity index (χ4n) is 2.93. The Morgan fingerprint density at radius 2 is 2.04 bits per heavy atom. The summed E-state index contributed by atoms with van der Waals surface area (Å²) < 4.78 is 1.85. The Bertz CT molecular complexity index is 1100. The minimum absolute atomic E-state index is 0.177. The SMILES string of the molecule is Cc1cc(C)n(-c2nc(CCNC(=O)c3cc(-c4ccccc4)n[nH]3)cs2)n1. The second-order valence-electron chi connectivity index (χ2n) is 6.50. The van der Waals surface area contributed by atoms with E-state index >= 15 is 0 Å². The number of aryl methyl sites for hydroxylation is 2. The molecule has 0 fully saturated rings. The summed E-state index contributed by atoms with van der Waals surface area (Å²) in [7, 11) is 0. The molecule has 1 amide bonds. The van der Waals surface area contributed by atoms with Crippen molar-refractivity contribution in [2.75, 3.05) is 6.54 Å². The van der Waals surface area contributed by atoms with Crippen LogP contribution in [0.15, 0.2) is 47.8 Å². The zero-order valence-corrected chi connectivity index (χ0v) is 16.5. The maximum Gasteiger partial charge on any atom is 0.269 e. The molecule has 7 nitrogen and oxygen atoms in total. The number of benzene rings is 1. The molecule has 1 aromatic carbocycles. The lowest BCUT2D eigenvalue weighted by atomic mass is 10.1. The number of hydrogen-bond donors (Lipinski definition) is 2. The first-order chi connectivity index (χ1) is 13.6. The molecule has 2 N–H and O–H groups in total. The van der Waals surface area contributed by atoms with Gasteiger partial charge in [0, 0.05) is 29.6 Å². The monoisotopic (exact) mass is 392 g/mol. The molecule has 0 unspecified atom stereocenters. The van der Waals surface area contributed by atoms with E-state index in [1.807, 2.05) is 60.3 Å². The number of aromatic amines is 1. The van der Waals surface area contributed by atoms with Crippen molar-refractivity contribution in [3.63, 3.8) is 0 Å². The van der Waals surface area contributed by atoms with Gasteiger partial charge in [0.1, 0.15) is 5.69 Å². The number of hydrogen-bond acceptors (Lipinski definition) is 5. The lowest BCUT2D eigenvalue weighted by Crippen LogP contribution is -2.26. The van der Waals surface area contributed by atoms with Crippen molar-refractivity contribution >= 4 is 17.2 Å². The third kappa shape index (κ3) is 3.86. The molecular weight excluding hydrogens is 372 g/mol. The fraction of sp³-hybridized carbons (Fsp3) is 0.200. The average molecular weight is 392 g/mol. The summed E-state index contributed by atoms with van der Waals surface area (Å²) in [5.41, 5.74) is 5.12. The van der Waals surface area contributed by atoms with Crippen molar-refractivity contribution in [1.82, 2.24) is 30.3 Å². The Morgan fingerprint density at radius 1 is 1.21 bits per heavy atom. The molecule has 0 radical (unpaired) electrons. The summed E-state index contributed by atoms with van der Waals surface area (Å²) in [6, 6.07) is 13.5. The second-order valence-corrected chi connectivity index (χ2v) is 7.34. The molecule has 0 atom stereocenters. The smallest absolute Gasteiger partial charge is 0.269 e. The molecule has 0 spiro atoms. The molecule has 4 rings (SSSR count). The Morgan fingerprint density at radius 3 is 2.79 bits per heavy atom. The highest BCUT2D eigenvalue weighted by atomic mass is 32.1. The Labute approximate surface area is 166 Å². The van der Waals surface area contributed by atoms with Crippen LogP contribution < -0.4 is 5.32 Å². The summed E-state index contributed by atoms with van der Waals surface area (Å²) >= 11 is 1.55. The summed E-state index contributed by atoms with van der Waals surface area (Å²) in [6.45, 7) is 4.47. The topological polar surface area (TPSA) is 88.5 Å². The number of carbonyl (C=O) groups excluding carboxylic acids is 1. The molecule has 0 aliphatic heterocycles. The van der Waals surface area contributed by atoms with Crippen LogP contribution in [0.2, 0.25) is 0 Å². The highest BCUT2D eigenvalue weighted by Gasteiger charge is 2.12. The number of thiazole rings is 1. The van der Waals surface area contributed by atoms with E-state index in [1.54, 1.807) is 17.4 Å². The second kappa shape index (κ2) is 7.77. The Kier molecular flexibility index (Phi) is 5.03. The van der Waals surface area contributed by atoms with Gasteiger partial charge in [-0.25, -0.2) is 9.67 Å². The molecular formula is C20H20N6OS. The molecule has 0 aliphatic carbocycles. The van der Waals surface area contributed by atoms with E-state index in [1.165, 1.54) is 0 Å². The van der Waals surface area contributed by atoms with Gasteiger partial charge in [0.25, 0.3) is 5.91 Å². The Balaban J connectivity index is 1.34. The predicted molar refractivity (Wildman–Crippen MR) is 109 cm³/mol. The van der Waals surface area contributed by atoms with Gasteiger partial charge in [0.2, 0.25) is 5.13 Å². The maximum atomic E-state index is 12.3. The normalized spacial score (nSPS) is 10.9. The van der Waals surface area contributed by atoms with Gasteiger partial charge >= 0.3 is 0 Å². The van der Waals surface area contributed by atoms with E-state index in [4.69, 9.17) is 0 Å². The van der Waals surface area contributed by atoms with Gasteiger partial charge in [0.05, 0.1) is 17.1 Å². The average Bonchev–Trinajstić information content (AvgIpc) is 3.42. The molecule has 142 valence electrons. The molecule has 28 heavy (non-hydrogen) atoms. The van der Waals surface area contributed by atoms with Crippen LogP contribution in [0.4, 0.5) is 0 Å². The van der Waals surface area contributed by atoms with Crippen LogP contribution in [0, 0.1) is 13.8 Å². The number of H-pyrrole nitrogens is 1. The first-order valence-corrected chi connectivity index (χ1v) is 9.85. The highest BCUT2D eigenvalue weighted by molar-refractivity contribution is 7.12. The van der Waals surface area contributed by atoms with Crippen molar-refractivity contribution in [1.29, 1.82) is 0 Å². The van der Waals surface area contributed by atoms with Crippen molar-refractivity contribution in [3.8, 4) is 16.4 Å². The van der Waals surface area contributed by atoms with Gasteiger partial charge in [-0.15, -0.1) is 11.3 Å². The van der Waals surface area contributed by atoms with Gasteiger partial charge in [-0.1, -0.05) is 30.3 Å². The van der Waals surface area contributed by atoms with Crippen LogP contribution in [0.1, 0.15) is 27.6 Å². The van der Waals surface area contributed by atoms with Crippen LogP contribution in [0.3, 0.4) is 0 Å². The quantitative estimate of drug-likeness (QED) is 0.527. The highest BCUT2D eigenvalue weighted by Crippen LogP contribution is 2.18. The van der Waals surface area contributed by atoms with E-state index in [-0.39, 0.29) is 5.91 Å². The lowest BCUT2D eigenvalue weighted by Gasteiger charge is -2.01. The molecule has 0 saturated carbocycles. The third-order valence-electron chi connectivity index (χ3n) is 4.29. The number of nitrogens with one attached hydrogen (secondary N) is 2. The fourth-order valence-corrected chi connectivity index (χ4v) is 3.79. The first kappa shape index (κ1) is 18.1. The van der Waals surface area contributed by atoms with Gasteiger partial charge < -0.3 is 5.32 Å². The number of rotatable bonds is 6. The van der Waals surface area contributed by atoms with Crippen LogP contribution in [0.5, 0.6) is 0 Å². The standard InChI is InChI=1S/C20H20N6OS/c1-13-10-14(2)26(25-13)20-22-16(12-28-20)8-9-21-19(27)18-11-17(23-24-18)15-6-4-3-5-7-15/h3-7,10-12H,8-9H2,1-2H3,(H,21,27)(H,23,24). The molecule has 0 bridgehead atoms. The summed E-state index contributed by atoms with van der Waals surface area (Å²) in [5, 5.41) is 17.2. The summed E-state index contributed by atoms with van der Waals surface area (Å²) in [6.07, 6.45) is 0.654. The first-order valence-electron chi connectivity index (χ1n) is 8.97. The number of aromatic nitrogens is 5. The van der Waals surface area contributed by atoms with Crippen LogP contribution in [-0.2, 0) is 6.42 Å². The predicted octanol–water partition coefficient (Wildman–Crippen LogP) is 3.31. The molecule has 4 aromatic rings. The molecule has 8 heteroatoms. The maximum absolute atomic E-state index is 12.3. The minimum Gasteiger partial charge on any atom is -0.350 e. The van der Waals surface area contributed by atoms with E-state index in [2.05, 4.69) is 25.6 Å². The molecule has 3 aromatic heterocycles. The third-order valence-corrected chi connectivity index (χ3v) is 5.15. The number of carbonyl (C=O) groups is 1. The number of amides is 1. The molecule has 0 aliphatic rings. The van der Waals surface area contributed by atoms with E-state index < -0.39 is 0 Å².